The van der Waals surface area contributed by atoms with Crippen molar-refractivity contribution in [3.05, 3.63) is 69.6 Å². The summed E-state index contributed by atoms with van der Waals surface area (Å²) >= 11 is 0.789. The fourth-order valence-corrected chi connectivity index (χ4v) is 4.44. The Morgan fingerprint density at radius 3 is 2.52 bits per heavy atom. The van der Waals surface area contributed by atoms with Gasteiger partial charge in [0.05, 0.1) is 17.1 Å². The Balaban J connectivity index is 1.58. The van der Waals surface area contributed by atoms with E-state index in [-0.39, 0.29) is 22.8 Å². The molecule has 2 aliphatic rings. The third kappa shape index (κ3) is 3.92. The Morgan fingerprint density at radius 2 is 1.79 bits per heavy atom. The lowest BCUT2D eigenvalue weighted by atomic mass is 10.1. The topological polar surface area (TPSA) is 40.6 Å². The van der Waals surface area contributed by atoms with Crippen LogP contribution in [0.2, 0.25) is 0 Å². The van der Waals surface area contributed by atoms with Gasteiger partial charge >= 0.3 is 0 Å². The van der Waals surface area contributed by atoms with Gasteiger partial charge in [0.15, 0.2) is 0 Å². The molecule has 2 aromatic rings. The van der Waals surface area contributed by atoms with Crippen molar-refractivity contribution in [3.63, 3.8) is 0 Å². The average Bonchev–Trinajstić information content (AvgIpc) is 3.31. The van der Waals surface area contributed by atoms with Crippen molar-refractivity contribution in [2.75, 3.05) is 18.0 Å². The van der Waals surface area contributed by atoms with Crippen molar-refractivity contribution in [1.29, 1.82) is 0 Å². The van der Waals surface area contributed by atoms with E-state index >= 15 is 0 Å². The van der Waals surface area contributed by atoms with Crippen LogP contribution in [-0.2, 0) is 11.3 Å². The zero-order valence-corrected chi connectivity index (χ0v) is 16.8. The molecule has 0 saturated carbocycles. The summed E-state index contributed by atoms with van der Waals surface area (Å²) in [7, 11) is 0. The minimum atomic E-state index is -0.494. The number of halogens is 2. The minimum Gasteiger partial charge on any atom is -0.369 e. The van der Waals surface area contributed by atoms with Crippen LogP contribution in [0.5, 0.6) is 0 Å². The molecular weight excluding hydrogens is 394 g/mol. The first-order valence-electron chi connectivity index (χ1n) is 9.48. The van der Waals surface area contributed by atoms with Crippen molar-refractivity contribution in [3.8, 4) is 0 Å². The second-order valence-corrected chi connectivity index (χ2v) is 8.21. The van der Waals surface area contributed by atoms with Crippen molar-refractivity contribution in [2.24, 2.45) is 0 Å². The molecule has 2 aliphatic heterocycles. The monoisotopic (exact) mass is 414 g/mol. The SMILES string of the molecule is Cc1cc(N2CCCC2)c(F)cc1C=C1SC(=O)N(Cc2ccccc2F)C1=O. The molecule has 4 rings (SSSR count). The molecule has 4 nitrogen and oxygen atoms in total. The highest BCUT2D eigenvalue weighted by atomic mass is 32.2. The highest BCUT2D eigenvalue weighted by molar-refractivity contribution is 8.18. The summed E-state index contributed by atoms with van der Waals surface area (Å²) in [6.45, 7) is 3.40. The largest absolute Gasteiger partial charge is 0.369 e. The van der Waals surface area contributed by atoms with Crippen LogP contribution in [-0.4, -0.2) is 29.1 Å². The average molecular weight is 414 g/mol. The van der Waals surface area contributed by atoms with Gasteiger partial charge in [-0.15, -0.1) is 0 Å². The molecule has 7 heteroatoms. The maximum absolute atomic E-state index is 14.7. The van der Waals surface area contributed by atoms with E-state index in [1.165, 1.54) is 12.1 Å². The van der Waals surface area contributed by atoms with Gasteiger partial charge in [-0.2, -0.15) is 0 Å². The lowest BCUT2D eigenvalue weighted by Gasteiger charge is -2.19. The zero-order valence-electron chi connectivity index (χ0n) is 16.0. The van der Waals surface area contributed by atoms with E-state index < -0.39 is 17.0 Å². The molecule has 0 N–H and O–H groups in total. The lowest BCUT2D eigenvalue weighted by Crippen LogP contribution is -2.27. The van der Waals surface area contributed by atoms with Crippen molar-refractivity contribution >= 4 is 34.7 Å². The first-order chi connectivity index (χ1) is 13.9. The van der Waals surface area contributed by atoms with Gasteiger partial charge in [-0.1, -0.05) is 18.2 Å². The Kier molecular flexibility index (Phi) is 5.41. The summed E-state index contributed by atoms with van der Waals surface area (Å²) < 4.78 is 28.5. The van der Waals surface area contributed by atoms with Gasteiger partial charge in [-0.3, -0.25) is 14.5 Å². The van der Waals surface area contributed by atoms with Crippen molar-refractivity contribution in [1.82, 2.24) is 4.90 Å². The molecule has 0 atom stereocenters. The van der Waals surface area contributed by atoms with Crippen LogP contribution in [0, 0.1) is 18.6 Å². The van der Waals surface area contributed by atoms with Crippen LogP contribution >= 0.6 is 11.8 Å². The summed E-state index contributed by atoms with van der Waals surface area (Å²) in [5, 5.41) is -0.462. The molecule has 2 heterocycles. The van der Waals surface area contributed by atoms with Crippen LogP contribution in [0.3, 0.4) is 0 Å². The number of hydrogen-bond acceptors (Lipinski definition) is 4. The number of nitrogens with zero attached hydrogens (tertiary/aromatic N) is 2. The number of imide groups is 1. The number of thioether (sulfide) groups is 1. The summed E-state index contributed by atoms with van der Waals surface area (Å²) in [5.74, 6) is -1.30. The zero-order chi connectivity index (χ0) is 20.5. The predicted octanol–water partition coefficient (Wildman–Crippen LogP) is 5.11. The second kappa shape index (κ2) is 7.99. The van der Waals surface area contributed by atoms with Gasteiger partial charge in [-0.05, 0) is 66.9 Å². The van der Waals surface area contributed by atoms with Crippen LogP contribution in [0.15, 0.2) is 41.3 Å². The highest BCUT2D eigenvalue weighted by Crippen LogP contribution is 2.35. The smallest absolute Gasteiger partial charge is 0.293 e. The molecule has 0 unspecified atom stereocenters. The Hall–Kier alpha value is -2.67. The van der Waals surface area contributed by atoms with Gasteiger partial charge in [0, 0.05) is 18.7 Å². The van der Waals surface area contributed by atoms with Gasteiger partial charge in [-0.25, -0.2) is 8.78 Å². The predicted molar refractivity (Wildman–Crippen MR) is 110 cm³/mol. The lowest BCUT2D eigenvalue weighted by molar-refractivity contribution is -0.123. The van der Waals surface area contributed by atoms with E-state index in [1.807, 2.05) is 11.8 Å². The normalized spacial score (nSPS) is 18.4. The van der Waals surface area contributed by atoms with Gasteiger partial charge in [0.25, 0.3) is 11.1 Å². The van der Waals surface area contributed by atoms with Gasteiger partial charge < -0.3 is 4.90 Å². The number of amides is 2. The molecule has 2 amide bonds. The fourth-order valence-electron chi connectivity index (χ4n) is 3.61. The molecule has 150 valence electrons. The number of carbonyl (C=O) groups excluding carboxylic acids is 2. The van der Waals surface area contributed by atoms with Crippen LogP contribution < -0.4 is 4.90 Å². The molecular formula is C22H20F2N2O2S. The Labute approximate surface area is 172 Å². The minimum absolute atomic E-state index is 0.129. The molecule has 2 aromatic carbocycles. The van der Waals surface area contributed by atoms with E-state index in [1.54, 1.807) is 30.3 Å². The summed E-state index contributed by atoms with van der Waals surface area (Å²) in [5.41, 5.74) is 2.23. The first-order valence-corrected chi connectivity index (χ1v) is 10.3. The standard InChI is InChI=1S/C22H20F2N2O2S/c1-14-10-19(25-8-4-5-9-25)18(24)11-16(14)12-20-21(27)26(22(28)29-20)13-15-6-2-3-7-17(15)23/h2-3,6-7,10-12H,4-5,8-9,13H2,1H3. The van der Waals surface area contributed by atoms with Crippen LogP contribution in [0.25, 0.3) is 6.08 Å². The Bertz CT molecular complexity index is 1020. The maximum atomic E-state index is 14.7. The number of anilines is 1. The molecule has 2 fully saturated rings. The third-order valence-corrected chi connectivity index (χ3v) is 6.14. The van der Waals surface area contributed by atoms with Gasteiger partial charge in [0.2, 0.25) is 0 Å². The third-order valence-electron chi connectivity index (χ3n) is 5.23. The molecule has 2 saturated heterocycles. The number of hydrogen-bond donors (Lipinski definition) is 0. The number of aryl methyl sites for hydroxylation is 1. The van der Waals surface area contributed by atoms with Crippen LogP contribution in [0.1, 0.15) is 29.5 Å². The first kappa shape index (κ1) is 19.6. The van der Waals surface area contributed by atoms with E-state index in [2.05, 4.69) is 0 Å². The molecule has 0 bridgehead atoms. The van der Waals surface area contributed by atoms with E-state index in [0.717, 1.165) is 48.2 Å². The Morgan fingerprint density at radius 1 is 1.07 bits per heavy atom. The molecule has 29 heavy (non-hydrogen) atoms. The van der Waals surface area contributed by atoms with Crippen molar-refractivity contribution < 1.29 is 18.4 Å². The molecule has 0 spiro atoms. The van der Waals surface area contributed by atoms with E-state index in [9.17, 15) is 18.4 Å². The number of benzene rings is 2. The van der Waals surface area contributed by atoms with E-state index in [4.69, 9.17) is 0 Å². The van der Waals surface area contributed by atoms with E-state index in [0.29, 0.717) is 11.3 Å². The summed E-state index contributed by atoms with van der Waals surface area (Å²) in [4.78, 5) is 28.3. The number of rotatable bonds is 4. The van der Waals surface area contributed by atoms with Gasteiger partial charge in [0.1, 0.15) is 11.6 Å². The van der Waals surface area contributed by atoms with Crippen molar-refractivity contribution in [2.45, 2.75) is 26.3 Å². The highest BCUT2D eigenvalue weighted by Gasteiger charge is 2.35. The molecule has 0 radical (unpaired) electrons. The summed E-state index contributed by atoms with van der Waals surface area (Å²) in [6, 6.07) is 9.23. The van der Waals surface area contributed by atoms with Crippen LogP contribution in [0.4, 0.5) is 19.3 Å². The molecule has 0 aromatic heterocycles. The quantitative estimate of drug-likeness (QED) is 0.652. The summed E-state index contributed by atoms with van der Waals surface area (Å²) in [6.07, 6.45) is 3.64. The fraction of sp³-hybridized carbons (Fsp3) is 0.273. The maximum Gasteiger partial charge on any atom is 0.293 e. The molecule has 0 aliphatic carbocycles. The number of carbonyl (C=O) groups is 2. The second-order valence-electron chi connectivity index (χ2n) is 7.21.